The van der Waals surface area contributed by atoms with E-state index in [-0.39, 0.29) is 0 Å². The average molecular weight is 259 g/mol. The lowest BCUT2D eigenvalue weighted by molar-refractivity contribution is 0.828. The van der Waals surface area contributed by atoms with E-state index in [2.05, 4.69) is 9.97 Å². The molecule has 2 N–H and O–H groups in total. The molecule has 0 saturated carbocycles. The summed E-state index contributed by atoms with van der Waals surface area (Å²) in [5.74, 6) is 0.462. The van der Waals surface area contributed by atoms with Crippen molar-refractivity contribution in [1.82, 2.24) is 14.5 Å². The van der Waals surface area contributed by atoms with Gasteiger partial charge >= 0.3 is 0 Å². The van der Waals surface area contributed by atoms with Crippen LogP contribution in [0.3, 0.4) is 0 Å². The molecule has 90 valence electrons. The molecule has 0 radical (unpaired) electrons. The summed E-state index contributed by atoms with van der Waals surface area (Å²) < 4.78 is 1.88. The molecule has 18 heavy (non-hydrogen) atoms. The molecule has 3 aromatic rings. The molecule has 1 aromatic carbocycles. The molecular weight excluding hydrogens is 248 g/mol. The summed E-state index contributed by atoms with van der Waals surface area (Å²) in [7, 11) is 0. The number of nitrogens with zero attached hydrogens (tertiary/aromatic N) is 3. The highest BCUT2D eigenvalue weighted by Gasteiger charge is 2.09. The zero-order valence-corrected chi connectivity index (χ0v) is 10.3. The Labute approximate surface area is 109 Å². The van der Waals surface area contributed by atoms with Gasteiger partial charge in [0.15, 0.2) is 5.65 Å². The number of nitrogen functional groups attached to an aromatic ring is 1. The van der Waals surface area contributed by atoms with Gasteiger partial charge in [0.1, 0.15) is 5.52 Å². The lowest BCUT2D eigenvalue weighted by atomic mass is 10.2. The largest absolute Gasteiger partial charge is 0.369 e. The Morgan fingerprint density at radius 2 is 2.11 bits per heavy atom. The monoisotopic (exact) mass is 258 g/mol. The van der Waals surface area contributed by atoms with Crippen LogP contribution in [0.5, 0.6) is 0 Å². The summed E-state index contributed by atoms with van der Waals surface area (Å²) in [6.07, 6.45) is 1.73. The molecule has 0 amide bonds. The normalized spacial score (nSPS) is 10.9. The number of rotatable bonds is 2. The molecule has 0 spiro atoms. The van der Waals surface area contributed by atoms with E-state index < -0.39 is 0 Å². The first kappa shape index (κ1) is 11.0. The molecule has 3 rings (SSSR count). The molecular formula is C13H11ClN4. The fraction of sp³-hybridized carbons (Fsp3) is 0.0769. The van der Waals surface area contributed by atoms with Gasteiger partial charge in [-0.3, -0.25) is 4.57 Å². The second kappa shape index (κ2) is 4.31. The van der Waals surface area contributed by atoms with Crippen LogP contribution in [0.15, 0.2) is 42.6 Å². The molecule has 5 heteroatoms. The summed E-state index contributed by atoms with van der Waals surface area (Å²) in [6.45, 7) is 0.611. The van der Waals surface area contributed by atoms with Gasteiger partial charge in [0.2, 0.25) is 5.95 Å². The number of nitrogens with two attached hydrogens (primary N) is 1. The molecule has 2 aromatic heterocycles. The first-order valence-electron chi connectivity index (χ1n) is 5.55. The summed E-state index contributed by atoms with van der Waals surface area (Å²) in [5, 5.41) is 0.712. The highest BCUT2D eigenvalue weighted by molar-refractivity contribution is 6.30. The van der Waals surface area contributed by atoms with E-state index in [4.69, 9.17) is 17.3 Å². The predicted octanol–water partition coefficient (Wildman–Crippen LogP) is 2.72. The van der Waals surface area contributed by atoms with Crippen LogP contribution in [-0.4, -0.2) is 14.5 Å². The third kappa shape index (κ3) is 1.91. The summed E-state index contributed by atoms with van der Waals surface area (Å²) >= 11 is 5.97. The van der Waals surface area contributed by atoms with Crippen LogP contribution in [0.4, 0.5) is 5.95 Å². The molecule has 0 aliphatic rings. The molecule has 4 nitrogen and oxygen atoms in total. The highest BCUT2D eigenvalue weighted by atomic mass is 35.5. The van der Waals surface area contributed by atoms with Crippen molar-refractivity contribution in [2.24, 2.45) is 0 Å². The minimum absolute atomic E-state index is 0.462. The van der Waals surface area contributed by atoms with Crippen molar-refractivity contribution in [2.75, 3.05) is 5.73 Å². The third-order valence-electron chi connectivity index (χ3n) is 2.76. The van der Waals surface area contributed by atoms with E-state index in [0.717, 1.165) is 16.7 Å². The minimum atomic E-state index is 0.462. The maximum atomic E-state index is 5.97. The Bertz CT molecular complexity index is 705. The molecule has 0 unspecified atom stereocenters. The lowest BCUT2D eigenvalue weighted by Crippen LogP contribution is -2.05. The topological polar surface area (TPSA) is 56.7 Å². The number of hydrogen-bond donors (Lipinski definition) is 1. The Balaban J connectivity index is 2.07. The van der Waals surface area contributed by atoms with Gasteiger partial charge in [-0.15, -0.1) is 0 Å². The van der Waals surface area contributed by atoms with Crippen LogP contribution in [0.1, 0.15) is 5.56 Å². The number of hydrogen-bond acceptors (Lipinski definition) is 3. The molecule has 0 atom stereocenters. The second-order valence-corrected chi connectivity index (χ2v) is 4.47. The van der Waals surface area contributed by atoms with Gasteiger partial charge < -0.3 is 5.73 Å². The molecule has 2 heterocycles. The van der Waals surface area contributed by atoms with Crippen molar-refractivity contribution in [3.05, 3.63) is 53.2 Å². The van der Waals surface area contributed by atoms with E-state index in [9.17, 15) is 0 Å². The summed E-state index contributed by atoms with van der Waals surface area (Å²) in [4.78, 5) is 8.59. The Morgan fingerprint density at radius 1 is 1.22 bits per heavy atom. The van der Waals surface area contributed by atoms with Crippen molar-refractivity contribution in [3.63, 3.8) is 0 Å². The van der Waals surface area contributed by atoms with Crippen molar-refractivity contribution in [2.45, 2.75) is 6.54 Å². The van der Waals surface area contributed by atoms with E-state index in [1.54, 1.807) is 6.20 Å². The molecule has 0 bridgehead atoms. The summed E-state index contributed by atoms with van der Waals surface area (Å²) in [5.41, 5.74) is 8.58. The minimum Gasteiger partial charge on any atom is -0.369 e. The van der Waals surface area contributed by atoms with Gasteiger partial charge in [-0.2, -0.15) is 0 Å². The van der Waals surface area contributed by atoms with Crippen molar-refractivity contribution in [1.29, 1.82) is 0 Å². The maximum absolute atomic E-state index is 5.97. The van der Waals surface area contributed by atoms with E-state index >= 15 is 0 Å². The van der Waals surface area contributed by atoms with Crippen LogP contribution in [0, 0.1) is 0 Å². The summed E-state index contributed by atoms with van der Waals surface area (Å²) in [6, 6.07) is 11.4. The van der Waals surface area contributed by atoms with Crippen molar-refractivity contribution >= 4 is 28.7 Å². The number of fused-ring (bicyclic) bond motifs is 1. The fourth-order valence-electron chi connectivity index (χ4n) is 1.95. The van der Waals surface area contributed by atoms with Crippen molar-refractivity contribution in [3.8, 4) is 0 Å². The van der Waals surface area contributed by atoms with Crippen LogP contribution >= 0.6 is 11.6 Å². The van der Waals surface area contributed by atoms with Crippen LogP contribution in [-0.2, 0) is 6.54 Å². The van der Waals surface area contributed by atoms with Gasteiger partial charge in [-0.1, -0.05) is 23.7 Å². The number of pyridine rings is 1. The van der Waals surface area contributed by atoms with Gasteiger partial charge in [0.25, 0.3) is 0 Å². The number of anilines is 1. The molecule has 0 aliphatic heterocycles. The molecule has 0 saturated heterocycles. The zero-order valence-electron chi connectivity index (χ0n) is 9.55. The van der Waals surface area contributed by atoms with E-state index in [1.807, 2.05) is 41.0 Å². The van der Waals surface area contributed by atoms with E-state index in [0.29, 0.717) is 17.5 Å². The standard InChI is InChI=1S/C13H11ClN4/c14-10-4-1-3-9(7-10)8-18-12-11(17-13(18)15)5-2-6-16-12/h1-7H,8H2,(H2,15,17). The van der Waals surface area contributed by atoms with Crippen LogP contribution in [0.25, 0.3) is 11.2 Å². The van der Waals surface area contributed by atoms with E-state index in [1.165, 1.54) is 0 Å². The Hall–Kier alpha value is -2.07. The Morgan fingerprint density at radius 3 is 2.94 bits per heavy atom. The Kier molecular flexibility index (Phi) is 2.64. The van der Waals surface area contributed by atoms with Gasteiger partial charge in [-0.05, 0) is 29.8 Å². The maximum Gasteiger partial charge on any atom is 0.202 e. The number of aromatic nitrogens is 3. The van der Waals surface area contributed by atoms with Gasteiger partial charge in [0, 0.05) is 11.2 Å². The predicted molar refractivity (Wildman–Crippen MR) is 72.5 cm³/mol. The highest BCUT2D eigenvalue weighted by Crippen LogP contribution is 2.18. The first-order chi connectivity index (χ1) is 8.74. The van der Waals surface area contributed by atoms with Crippen LogP contribution in [0.2, 0.25) is 5.02 Å². The smallest absolute Gasteiger partial charge is 0.202 e. The van der Waals surface area contributed by atoms with Crippen molar-refractivity contribution < 1.29 is 0 Å². The molecule has 0 fully saturated rings. The first-order valence-corrected chi connectivity index (χ1v) is 5.93. The lowest BCUT2D eigenvalue weighted by Gasteiger charge is -2.06. The SMILES string of the molecule is Nc1nc2cccnc2n1Cc1cccc(Cl)c1. The number of imidazole rings is 1. The van der Waals surface area contributed by atoms with Gasteiger partial charge in [-0.25, -0.2) is 9.97 Å². The number of benzene rings is 1. The average Bonchev–Trinajstić information content (AvgIpc) is 2.66. The quantitative estimate of drug-likeness (QED) is 0.769. The number of halogens is 1. The third-order valence-corrected chi connectivity index (χ3v) is 3.00. The second-order valence-electron chi connectivity index (χ2n) is 4.03. The van der Waals surface area contributed by atoms with Crippen LogP contribution < -0.4 is 5.73 Å². The fourth-order valence-corrected chi connectivity index (χ4v) is 2.16. The molecule has 0 aliphatic carbocycles. The van der Waals surface area contributed by atoms with Gasteiger partial charge in [0.05, 0.1) is 6.54 Å². The zero-order chi connectivity index (χ0) is 12.5.